The molecule has 1 aliphatic carbocycles. The quantitative estimate of drug-likeness (QED) is 0.420. The minimum absolute atomic E-state index is 0.0810. The Labute approximate surface area is 209 Å². The molecule has 1 heterocycles. The van der Waals surface area contributed by atoms with Gasteiger partial charge in [0.05, 0.1) is 31.9 Å². The highest BCUT2D eigenvalue weighted by atomic mass is 19.1. The molecule has 1 aromatic heterocycles. The van der Waals surface area contributed by atoms with Crippen molar-refractivity contribution < 1.29 is 28.7 Å². The van der Waals surface area contributed by atoms with Crippen molar-refractivity contribution in [3.8, 4) is 11.5 Å². The van der Waals surface area contributed by atoms with Gasteiger partial charge in [0, 0.05) is 12.6 Å². The zero-order chi connectivity index (χ0) is 25.8. The van der Waals surface area contributed by atoms with Gasteiger partial charge in [0.15, 0.2) is 0 Å². The third-order valence-electron chi connectivity index (χ3n) is 6.56. The Bertz CT molecular complexity index is 1260. The first-order chi connectivity index (χ1) is 17.3. The molecule has 4 rings (SSSR count). The van der Waals surface area contributed by atoms with E-state index in [1.165, 1.54) is 26.4 Å². The van der Waals surface area contributed by atoms with Crippen molar-refractivity contribution in [2.75, 3.05) is 14.2 Å². The summed E-state index contributed by atoms with van der Waals surface area (Å²) in [6.07, 6.45) is 3.81. The molecular formula is C27H28BFN2O5. The lowest BCUT2D eigenvalue weighted by Gasteiger charge is -2.18. The van der Waals surface area contributed by atoms with E-state index in [2.05, 4.69) is 10.3 Å². The molecule has 0 spiro atoms. The number of methoxy groups -OCH3 is 2. The second-order valence-corrected chi connectivity index (χ2v) is 8.74. The van der Waals surface area contributed by atoms with Gasteiger partial charge in [0.25, 0.3) is 0 Å². The molecule has 0 saturated heterocycles. The molecule has 36 heavy (non-hydrogen) atoms. The monoisotopic (exact) mass is 490 g/mol. The highest BCUT2D eigenvalue weighted by Gasteiger charge is 2.35. The van der Waals surface area contributed by atoms with Crippen LogP contribution in [0.2, 0.25) is 0 Å². The molecule has 0 saturated carbocycles. The zero-order valence-corrected chi connectivity index (χ0v) is 20.4. The number of halogens is 1. The molecule has 0 bridgehead atoms. The van der Waals surface area contributed by atoms with Gasteiger partial charge in [-0.1, -0.05) is 25.1 Å². The first kappa shape index (κ1) is 25.4. The topological polar surface area (TPSA) is 101 Å². The summed E-state index contributed by atoms with van der Waals surface area (Å²) in [4.78, 5) is 17.0. The number of hydrogen-bond donors (Lipinski definition) is 3. The van der Waals surface area contributed by atoms with Crippen LogP contribution in [0, 0.1) is 11.7 Å². The molecular weight excluding hydrogens is 462 g/mol. The van der Waals surface area contributed by atoms with Gasteiger partial charge in [-0.15, -0.1) is 0 Å². The molecule has 7 nitrogen and oxygen atoms in total. The fourth-order valence-corrected chi connectivity index (χ4v) is 4.77. The van der Waals surface area contributed by atoms with Crippen LogP contribution < -0.4 is 20.3 Å². The minimum atomic E-state index is -1.76. The summed E-state index contributed by atoms with van der Waals surface area (Å²) in [6, 6.07) is 13.5. The van der Waals surface area contributed by atoms with Gasteiger partial charge in [0.2, 0.25) is 5.91 Å². The minimum Gasteiger partial charge on any atom is -0.497 e. The van der Waals surface area contributed by atoms with Crippen LogP contribution in [-0.2, 0) is 11.3 Å². The van der Waals surface area contributed by atoms with Crippen molar-refractivity contribution in [2.24, 2.45) is 5.92 Å². The number of rotatable bonds is 8. The number of allylic oxidation sites excluding steroid dienone is 1. The standard InChI is InChI=1S/C27H28BFN2O5/c1-16-21(10-17-11-24(35-2)27(28(33)34)25(12-17)36-3)20-8-7-18(29)13-23(20)22(16)14-26(32)31-15-19-6-4-5-9-30-19/h4-13,16,22,33-34H,14-15H2,1-3H3,(H,31,32)/b21-10-. The Balaban J connectivity index is 1.65. The average molecular weight is 490 g/mol. The number of amides is 1. The molecule has 186 valence electrons. The lowest BCUT2D eigenvalue weighted by Crippen LogP contribution is -2.32. The van der Waals surface area contributed by atoms with Gasteiger partial charge < -0.3 is 24.8 Å². The molecule has 3 N–H and O–H groups in total. The number of fused-ring (bicyclic) bond motifs is 1. The number of carbonyl (C=O) groups excluding carboxylic acids is 1. The highest BCUT2D eigenvalue weighted by Crippen LogP contribution is 2.48. The summed E-state index contributed by atoms with van der Waals surface area (Å²) in [5, 5.41) is 22.4. The molecule has 2 unspecified atom stereocenters. The van der Waals surface area contributed by atoms with E-state index in [1.54, 1.807) is 24.4 Å². The Kier molecular flexibility index (Phi) is 7.71. The Hall–Kier alpha value is -3.69. The van der Waals surface area contributed by atoms with E-state index in [4.69, 9.17) is 9.47 Å². The second kappa shape index (κ2) is 10.9. The first-order valence-electron chi connectivity index (χ1n) is 11.6. The predicted molar refractivity (Wildman–Crippen MR) is 136 cm³/mol. The molecule has 0 fully saturated rings. The lowest BCUT2D eigenvalue weighted by atomic mass is 9.78. The smallest absolute Gasteiger partial charge is 0.496 e. The first-order valence-corrected chi connectivity index (χ1v) is 11.6. The molecule has 0 aliphatic heterocycles. The molecule has 2 aromatic carbocycles. The normalized spacial score (nSPS) is 17.6. The Morgan fingerprint density at radius 2 is 1.86 bits per heavy atom. The number of carbonyl (C=O) groups is 1. The fourth-order valence-electron chi connectivity index (χ4n) is 4.77. The van der Waals surface area contributed by atoms with Crippen LogP contribution in [0.1, 0.15) is 41.6 Å². The van der Waals surface area contributed by atoms with Crippen LogP contribution in [0.4, 0.5) is 4.39 Å². The highest BCUT2D eigenvalue weighted by molar-refractivity contribution is 6.61. The molecule has 0 radical (unpaired) electrons. The van der Waals surface area contributed by atoms with Gasteiger partial charge in [-0.25, -0.2) is 4.39 Å². The SMILES string of the molecule is COc1cc(/C=C2\c3ccc(F)cc3C(CC(=O)NCc3ccccn3)C2C)cc(OC)c1B(O)O. The number of ether oxygens (including phenoxy) is 2. The molecule has 2 atom stereocenters. The summed E-state index contributed by atoms with van der Waals surface area (Å²) in [7, 11) is 1.11. The summed E-state index contributed by atoms with van der Waals surface area (Å²) < 4.78 is 25.0. The summed E-state index contributed by atoms with van der Waals surface area (Å²) in [5.41, 5.74) is 4.20. The summed E-state index contributed by atoms with van der Waals surface area (Å²) in [6.45, 7) is 2.34. The van der Waals surface area contributed by atoms with Crippen molar-refractivity contribution in [3.63, 3.8) is 0 Å². The Morgan fingerprint density at radius 3 is 2.47 bits per heavy atom. The largest absolute Gasteiger partial charge is 0.497 e. The number of benzene rings is 2. The fraction of sp³-hybridized carbons (Fsp3) is 0.259. The molecule has 1 amide bonds. The van der Waals surface area contributed by atoms with E-state index < -0.39 is 7.12 Å². The number of hydrogen-bond acceptors (Lipinski definition) is 6. The van der Waals surface area contributed by atoms with E-state index in [9.17, 15) is 19.2 Å². The van der Waals surface area contributed by atoms with Crippen molar-refractivity contribution >= 4 is 30.1 Å². The van der Waals surface area contributed by atoms with Crippen LogP contribution in [-0.4, -0.2) is 42.3 Å². The number of aromatic nitrogens is 1. The van der Waals surface area contributed by atoms with Crippen molar-refractivity contribution in [2.45, 2.75) is 25.8 Å². The van der Waals surface area contributed by atoms with Crippen LogP contribution >= 0.6 is 0 Å². The van der Waals surface area contributed by atoms with Crippen LogP contribution in [0.5, 0.6) is 11.5 Å². The zero-order valence-electron chi connectivity index (χ0n) is 20.4. The number of nitrogens with one attached hydrogen (secondary N) is 1. The van der Waals surface area contributed by atoms with Gasteiger partial charge in [-0.3, -0.25) is 9.78 Å². The van der Waals surface area contributed by atoms with Crippen LogP contribution in [0.25, 0.3) is 11.6 Å². The third kappa shape index (κ3) is 5.27. The maximum absolute atomic E-state index is 14.2. The van der Waals surface area contributed by atoms with E-state index in [0.29, 0.717) is 12.1 Å². The Morgan fingerprint density at radius 1 is 1.14 bits per heavy atom. The van der Waals surface area contributed by atoms with Gasteiger partial charge in [0.1, 0.15) is 17.3 Å². The van der Waals surface area contributed by atoms with Crippen LogP contribution in [0.15, 0.2) is 54.7 Å². The van der Waals surface area contributed by atoms with Gasteiger partial charge in [-0.2, -0.15) is 0 Å². The van der Waals surface area contributed by atoms with E-state index in [1.807, 2.05) is 31.2 Å². The van der Waals surface area contributed by atoms with Crippen molar-refractivity contribution in [1.29, 1.82) is 0 Å². The maximum Gasteiger partial charge on any atom is 0.496 e. The predicted octanol–water partition coefficient (Wildman–Crippen LogP) is 2.90. The van der Waals surface area contributed by atoms with E-state index in [0.717, 1.165) is 22.4 Å². The lowest BCUT2D eigenvalue weighted by molar-refractivity contribution is -0.121. The van der Waals surface area contributed by atoms with E-state index in [-0.39, 0.29) is 46.9 Å². The van der Waals surface area contributed by atoms with E-state index >= 15 is 0 Å². The second-order valence-electron chi connectivity index (χ2n) is 8.74. The van der Waals surface area contributed by atoms with Crippen molar-refractivity contribution in [3.05, 3.63) is 82.9 Å². The maximum atomic E-state index is 14.2. The van der Waals surface area contributed by atoms with Gasteiger partial charge >= 0.3 is 7.12 Å². The molecule has 1 aliphatic rings. The third-order valence-corrected chi connectivity index (χ3v) is 6.56. The van der Waals surface area contributed by atoms with Gasteiger partial charge in [-0.05, 0) is 70.5 Å². The average Bonchev–Trinajstić information content (AvgIpc) is 3.12. The summed E-state index contributed by atoms with van der Waals surface area (Å²) >= 11 is 0. The molecule has 9 heteroatoms. The van der Waals surface area contributed by atoms with Crippen molar-refractivity contribution in [1.82, 2.24) is 10.3 Å². The number of pyridine rings is 1. The molecule has 3 aromatic rings. The number of nitrogens with zero attached hydrogens (tertiary/aromatic N) is 1. The summed E-state index contributed by atoms with van der Waals surface area (Å²) in [5.74, 6) is -0.252. The van der Waals surface area contributed by atoms with Crippen LogP contribution in [0.3, 0.4) is 0 Å².